The Morgan fingerprint density at radius 2 is 2.00 bits per heavy atom. The molecule has 0 aromatic heterocycles. The van der Waals surface area contributed by atoms with Gasteiger partial charge in [0.1, 0.15) is 0 Å². The van der Waals surface area contributed by atoms with Crippen molar-refractivity contribution in [2.75, 3.05) is 19.0 Å². The summed E-state index contributed by atoms with van der Waals surface area (Å²) in [6, 6.07) is 13.6. The molecule has 2 aromatic carbocycles. The lowest BCUT2D eigenvalue weighted by Crippen LogP contribution is -2.76. The number of rotatable bonds is 2. The average Bonchev–Trinajstić information content (AvgIpc) is 3.08. The van der Waals surface area contributed by atoms with E-state index in [2.05, 4.69) is 17.4 Å². The van der Waals surface area contributed by atoms with Crippen molar-refractivity contribution in [2.45, 2.75) is 48.8 Å². The maximum Gasteiger partial charge on any atom is 0.166 e. The predicted octanol–water partition coefficient (Wildman–Crippen LogP) is 2.64. The van der Waals surface area contributed by atoms with Crippen LogP contribution in [0.3, 0.4) is 0 Å². The van der Waals surface area contributed by atoms with Crippen molar-refractivity contribution in [1.82, 2.24) is 4.90 Å². The fraction of sp³-hybridized carbons (Fsp3) is 0.435. The van der Waals surface area contributed by atoms with Crippen molar-refractivity contribution in [1.29, 1.82) is 0 Å². The Morgan fingerprint density at radius 1 is 1.17 bits per heavy atom. The van der Waals surface area contributed by atoms with Gasteiger partial charge in [0, 0.05) is 11.6 Å². The number of hydrogen-bond acceptors (Lipinski definition) is 6. The summed E-state index contributed by atoms with van der Waals surface area (Å²) in [5.74, 6) is 0.700. The monoisotopic (exact) mass is 391 g/mol. The SMILES string of the molecule is CN1CC[C@]23c4c5ccc(O)c4O[C@H]2C(=NNc2ccccc2)CCC3(O)[C@H]1C5. The van der Waals surface area contributed by atoms with Gasteiger partial charge < -0.3 is 19.8 Å². The highest BCUT2D eigenvalue weighted by atomic mass is 16.5. The fourth-order valence-electron chi connectivity index (χ4n) is 6.32. The summed E-state index contributed by atoms with van der Waals surface area (Å²) in [6.45, 7) is 0.890. The Balaban J connectivity index is 1.51. The number of phenols is 1. The summed E-state index contributed by atoms with van der Waals surface area (Å²) in [7, 11) is 2.10. The lowest BCUT2D eigenvalue weighted by molar-refractivity contribution is -0.160. The van der Waals surface area contributed by atoms with E-state index in [4.69, 9.17) is 9.84 Å². The van der Waals surface area contributed by atoms with E-state index in [1.165, 1.54) is 5.56 Å². The first-order chi connectivity index (χ1) is 14.0. The highest BCUT2D eigenvalue weighted by Crippen LogP contribution is 2.64. The summed E-state index contributed by atoms with van der Waals surface area (Å²) in [5, 5.41) is 27.4. The van der Waals surface area contributed by atoms with Crippen LogP contribution in [0.15, 0.2) is 47.6 Å². The van der Waals surface area contributed by atoms with Crippen molar-refractivity contribution < 1.29 is 14.9 Å². The number of anilines is 1. The quantitative estimate of drug-likeness (QED) is 0.686. The van der Waals surface area contributed by atoms with Gasteiger partial charge in [-0.2, -0.15) is 5.10 Å². The molecule has 150 valence electrons. The van der Waals surface area contributed by atoms with Crippen molar-refractivity contribution in [2.24, 2.45) is 5.10 Å². The van der Waals surface area contributed by atoms with Crippen LogP contribution in [0, 0.1) is 0 Å². The molecule has 6 rings (SSSR count). The zero-order valence-electron chi connectivity index (χ0n) is 16.4. The number of piperidine rings is 1. The van der Waals surface area contributed by atoms with Gasteiger partial charge in [0.2, 0.25) is 0 Å². The zero-order valence-corrected chi connectivity index (χ0v) is 16.4. The molecule has 0 amide bonds. The second-order valence-electron chi connectivity index (χ2n) is 8.87. The van der Waals surface area contributed by atoms with Crippen LogP contribution in [-0.2, 0) is 11.8 Å². The number of nitrogens with zero attached hydrogens (tertiary/aromatic N) is 2. The molecule has 4 atom stereocenters. The standard InChI is InChI=1S/C23H25N3O3/c1-26-12-11-22-19-14-7-8-17(27)20(19)29-21(22)16(9-10-23(22,28)18(26)13-14)25-24-15-5-3-2-4-6-15/h2-8,18,21,24,27-28H,9-13H2,1H3/t18-,21+,22+,23?/m1/s1. The van der Waals surface area contributed by atoms with Crippen LogP contribution in [0.2, 0.25) is 0 Å². The molecule has 2 fully saturated rings. The molecule has 2 heterocycles. The van der Waals surface area contributed by atoms with E-state index in [0.717, 1.165) is 36.3 Å². The minimum Gasteiger partial charge on any atom is -0.504 e. The highest BCUT2D eigenvalue weighted by molar-refractivity contribution is 5.95. The van der Waals surface area contributed by atoms with Crippen LogP contribution in [0.5, 0.6) is 11.5 Å². The van der Waals surface area contributed by atoms with Crippen LogP contribution in [0.25, 0.3) is 0 Å². The van der Waals surface area contributed by atoms with Crippen molar-refractivity contribution in [3.8, 4) is 11.5 Å². The minimum absolute atomic E-state index is 0.0500. The first-order valence-electron chi connectivity index (χ1n) is 10.4. The van der Waals surface area contributed by atoms with E-state index in [1.54, 1.807) is 6.07 Å². The van der Waals surface area contributed by atoms with Gasteiger partial charge >= 0.3 is 0 Å². The molecule has 0 radical (unpaired) electrons. The first kappa shape index (κ1) is 17.3. The molecule has 2 aliphatic carbocycles. The summed E-state index contributed by atoms with van der Waals surface area (Å²) in [5.41, 5.74) is 5.74. The summed E-state index contributed by atoms with van der Waals surface area (Å²) in [6.07, 6.45) is 2.51. The Kier molecular flexibility index (Phi) is 3.42. The predicted molar refractivity (Wildman–Crippen MR) is 111 cm³/mol. The molecule has 4 aliphatic rings. The number of benzene rings is 2. The van der Waals surface area contributed by atoms with Gasteiger partial charge in [-0.15, -0.1) is 0 Å². The maximum atomic E-state index is 12.1. The molecule has 1 saturated heterocycles. The van der Waals surface area contributed by atoms with Crippen LogP contribution in [0.1, 0.15) is 30.4 Å². The van der Waals surface area contributed by atoms with Gasteiger partial charge in [0.15, 0.2) is 17.6 Å². The summed E-state index contributed by atoms with van der Waals surface area (Å²) >= 11 is 0. The minimum atomic E-state index is -0.886. The lowest BCUT2D eigenvalue weighted by Gasteiger charge is -2.62. The fourth-order valence-corrected chi connectivity index (χ4v) is 6.32. The third kappa shape index (κ3) is 2.05. The molecule has 1 unspecified atom stereocenters. The largest absolute Gasteiger partial charge is 0.504 e. The molecule has 6 heteroatoms. The van der Waals surface area contributed by atoms with Crippen molar-refractivity contribution in [3.05, 3.63) is 53.6 Å². The van der Waals surface area contributed by atoms with E-state index >= 15 is 0 Å². The van der Waals surface area contributed by atoms with E-state index in [1.807, 2.05) is 36.4 Å². The Bertz CT molecular complexity index is 1020. The van der Waals surface area contributed by atoms with E-state index in [-0.39, 0.29) is 17.9 Å². The molecule has 29 heavy (non-hydrogen) atoms. The molecule has 2 bridgehead atoms. The molecule has 2 aliphatic heterocycles. The van der Waals surface area contributed by atoms with Gasteiger partial charge in [0.25, 0.3) is 0 Å². The number of aromatic hydroxyl groups is 1. The number of aliphatic hydroxyl groups is 1. The second kappa shape index (κ2) is 5.74. The number of phenolic OH excluding ortho intramolecular Hbond substituents is 1. The van der Waals surface area contributed by atoms with E-state index in [0.29, 0.717) is 18.6 Å². The molecular formula is C23H25N3O3. The molecule has 1 spiro atoms. The number of likely N-dealkylation sites (tertiary alicyclic amines) is 1. The van der Waals surface area contributed by atoms with Crippen LogP contribution >= 0.6 is 0 Å². The third-order valence-electron chi connectivity index (χ3n) is 7.65. The maximum absolute atomic E-state index is 12.1. The Morgan fingerprint density at radius 3 is 2.83 bits per heavy atom. The topological polar surface area (TPSA) is 77.3 Å². The second-order valence-corrected chi connectivity index (χ2v) is 8.87. The van der Waals surface area contributed by atoms with Crippen LogP contribution in [-0.4, -0.2) is 52.2 Å². The van der Waals surface area contributed by atoms with Gasteiger partial charge in [-0.25, -0.2) is 0 Å². The molecule has 1 saturated carbocycles. The molecule has 6 nitrogen and oxygen atoms in total. The Hall–Kier alpha value is -2.57. The molecule has 3 N–H and O–H groups in total. The summed E-state index contributed by atoms with van der Waals surface area (Å²) in [4.78, 5) is 2.29. The normalized spacial score (nSPS) is 35.9. The number of likely N-dealkylation sites (N-methyl/N-ethyl adjacent to an activating group) is 1. The average molecular weight is 391 g/mol. The molecular weight excluding hydrogens is 366 g/mol. The van der Waals surface area contributed by atoms with Gasteiger partial charge in [-0.3, -0.25) is 5.43 Å². The van der Waals surface area contributed by atoms with E-state index in [9.17, 15) is 10.2 Å². The number of hydrogen-bond donors (Lipinski definition) is 3. The van der Waals surface area contributed by atoms with Gasteiger partial charge in [0.05, 0.1) is 22.4 Å². The smallest absolute Gasteiger partial charge is 0.166 e. The highest BCUT2D eigenvalue weighted by Gasteiger charge is 2.72. The summed E-state index contributed by atoms with van der Waals surface area (Å²) < 4.78 is 6.41. The molecule has 2 aromatic rings. The number of ether oxygens (including phenoxy) is 1. The number of para-hydroxylation sites is 1. The van der Waals surface area contributed by atoms with Gasteiger partial charge in [-0.05, 0) is 63.0 Å². The first-order valence-corrected chi connectivity index (χ1v) is 10.4. The van der Waals surface area contributed by atoms with Crippen molar-refractivity contribution in [3.63, 3.8) is 0 Å². The number of hydrazone groups is 1. The lowest BCUT2D eigenvalue weighted by atomic mass is 9.49. The third-order valence-corrected chi connectivity index (χ3v) is 7.65. The van der Waals surface area contributed by atoms with Crippen molar-refractivity contribution >= 4 is 11.4 Å². The zero-order chi connectivity index (χ0) is 19.8. The van der Waals surface area contributed by atoms with Gasteiger partial charge in [-0.1, -0.05) is 24.3 Å². The van der Waals surface area contributed by atoms with Crippen LogP contribution in [0.4, 0.5) is 5.69 Å². The van der Waals surface area contributed by atoms with E-state index < -0.39 is 11.0 Å². The van der Waals surface area contributed by atoms with Crippen LogP contribution < -0.4 is 10.2 Å². The number of nitrogens with one attached hydrogen (secondary N) is 1. The Labute approximate surface area is 169 Å².